The number of nitrogens with zero attached hydrogens (tertiary/aromatic N) is 3. The number of benzene rings is 1. The van der Waals surface area contributed by atoms with Crippen LogP contribution in [0.3, 0.4) is 0 Å². The van der Waals surface area contributed by atoms with E-state index in [1.54, 1.807) is 21.1 Å². The van der Waals surface area contributed by atoms with E-state index in [0.29, 0.717) is 29.8 Å². The molecule has 1 atom stereocenters. The van der Waals surface area contributed by atoms with E-state index in [9.17, 15) is 4.79 Å². The molecule has 0 saturated heterocycles. The quantitative estimate of drug-likeness (QED) is 0.770. The lowest BCUT2D eigenvalue weighted by Crippen LogP contribution is -2.35. The van der Waals surface area contributed by atoms with Crippen molar-refractivity contribution in [2.24, 2.45) is 0 Å². The van der Waals surface area contributed by atoms with E-state index in [-0.39, 0.29) is 18.4 Å². The first-order valence-electron chi connectivity index (χ1n) is 7.88. The summed E-state index contributed by atoms with van der Waals surface area (Å²) in [5.74, 6) is 1.98. The molecule has 1 N–H and O–H groups in total. The molecule has 0 fully saturated rings. The Labute approximate surface area is 147 Å². The number of carbonyl (C=O) groups is 1. The minimum absolute atomic E-state index is 0.0178. The molecule has 1 amide bonds. The molecule has 0 spiro atoms. The number of carbonyl (C=O) groups excluding carboxylic acids is 1. The standard InChI is InChI=1S/C17H24N4O4/c1-11-19-16(20-25-11)9-17(22)18-10-13(21(2)3)12-6-7-14(23-4)15(8-12)24-5/h6-8,13H,9-10H2,1-5H3,(H,18,22). The Morgan fingerprint density at radius 2 is 2.00 bits per heavy atom. The fourth-order valence-electron chi connectivity index (χ4n) is 2.49. The minimum Gasteiger partial charge on any atom is -0.493 e. The molecule has 0 saturated carbocycles. The predicted octanol–water partition coefficient (Wildman–Crippen LogP) is 1.36. The summed E-state index contributed by atoms with van der Waals surface area (Å²) < 4.78 is 15.5. The Hall–Kier alpha value is -2.61. The number of amides is 1. The first-order chi connectivity index (χ1) is 11.9. The summed E-state index contributed by atoms with van der Waals surface area (Å²) in [6.45, 7) is 2.13. The van der Waals surface area contributed by atoms with Gasteiger partial charge in [-0.05, 0) is 31.8 Å². The molecule has 2 aromatic rings. The maximum atomic E-state index is 12.1. The normalized spacial score (nSPS) is 12.1. The number of aromatic nitrogens is 2. The van der Waals surface area contributed by atoms with Crippen LogP contribution in [0, 0.1) is 6.92 Å². The molecule has 0 bridgehead atoms. The smallest absolute Gasteiger partial charge is 0.227 e. The van der Waals surface area contributed by atoms with Crippen molar-refractivity contribution in [2.45, 2.75) is 19.4 Å². The zero-order chi connectivity index (χ0) is 18.4. The molecule has 8 nitrogen and oxygen atoms in total. The van der Waals surface area contributed by atoms with Crippen molar-refractivity contribution in [3.8, 4) is 11.5 Å². The molecular formula is C17H24N4O4. The summed E-state index contributed by atoms with van der Waals surface area (Å²) in [6.07, 6.45) is 0.0867. The van der Waals surface area contributed by atoms with Gasteiger partial charge in [0.2, 0.25) is 11.8 Å². The number of nitrogens with one attached hydrogen (secondary N) is 1. The van der Waals surface area contributed by atoms with E-state index >= 15 is 0 Å². The number of hydrogen-bond acceptors (Lipinski definition) is 7. The first kappa shape index (κ1) is 18.7. The van der Waals surface area contributed by atoms with Gasteiger partial charge in [-0.15, -0.1) is 0 Å². The van der Waals surface area contributed by atoms with Crippen molar-refractivity contribution in [1.29, 1.82) is 0 Å². The zero-order valence-corrected chi connectivity index (χ0v) is 15.2. The van der Waals surface area contributed by atoms with Crippen molar-refractivity contribution in [3.63, 3.8) is 0 Å². The maximum absolute atomic E-state index is 12.1. The van der Waals surface area contributed by atoms with Gasteiger partial charge >= 0.3 is 0 Å². The van der Waals surface area contributed by atoms with Crippen molar-refractivity contribution in [2.75, 3.05) is 34.9 Å². The van der Waals surface area contributed by atoms with Gasteiger partial charge in [0.15, 0.2) is 17.3 Å². The summed E-state index contributed by atoms with van der Waals surface area (Å²) in [7, 11) is 7.11. The van der Waals surface area contributed by atoms with Crippen LogP contribution in [0.15, 0.2) is 22.7 Å². The third-order valence-corrected chi connectivity index (χ3v) is 3.80. The number of hydrogen-bond donors (Lipinski definition) is 1. The summed E-state index contributed by atoms with van der Waals surface area (Å²) in [5, 5.41) is 6.64. The molecule has 1 heterocycles. The van der Waals surface area contributed by atoms with Crippen LogP contribution in [0.5, 0.6) is 11.5 Å². The maximum Gasteiger partial charge on any atom is 0.227 e. The average molecular weight is 348 g/mol. The Kier molecular flexibility index (Phi) is 6.35. The third kappa shape index (κ3) is 4.93. The highest BCUT2D eigenvalue weighted by Crippen LogP contribution is 2.31. The molecule has 8 heteroatoms. The van der Waals surface area contributed by atoms with Gasteiger partial charge in [0.05, 0.1) is 26.7 Å². The molecule has 0 aliphatic carbocycles. The summed E-state index contributed by atoms with van der Waals surface area (Å²) in [5.41, 5.74) is 1.01. The van der Waals surface area contributed by atoms with Gasteiger partial charge in [0.25, 0.3) is 0 Å². The Bertz CT molecular complexity index is 714. The van der Waals surface area contributed by atoms with Crippen molar-refractivity contribution >= 4 is 5.91 Å². The summed E-state index contributed by atoms with van der Waals surface area (Å²) in [4.78, 5) is 18.2. The van der Waals surface area contributed by atoms with Crippen LogP contribution in [0.4, 0.5) is 0 Å². The lowest BCUT2D eigenvalue weighted by atomic mass is 10.0. The molecule has 0 aliphatic rings. The Morgan fingerprint density at radius 1 is 1.28 bits per heavy atom. The second-order valence-electron chi connectivity index (χ2n) is 5.80. The van der Waals surface area contributed by atoms with Crippen LogP contribution in [0.25, 0.3) is 0 Å². The van der Waals surface area contributed by atoms with Crippen LogP contribution in [0.1, 0.15) is 23.3 Å². The van der Waals surface area contributed by atoms with Gasteiger partial charge in [0.1, 0.15) is 0 Å². The van der Waals surface area contributed by atoms with Gasteiger partial charge in [-0.25, -0.2) is 0 Å². The van der Waals surface area contributed by atoms with Crippen LogP contribution in [0.2, 0.25) is 0 Å². The summed E-state index contributed by atoms with van der Waals surface area (Å²) in [6, 6.07) is 5.71. The van der Waals surface area contributed by atoms with E-state index in [1.165, 1.54) is 0 Å². The molecular weight excluding hydrogens is 324 g/mol. The van der Waals surface area contributed by atoms with Crippen molar-refractivity contribution in [1.82, 2.24) is 20.4 Å². The SMILES string of the molecule is COc1ccc(C(CNC(=O)Cc2noc(C)n2)N(C)C)cc1OC. The number of aryl methyl sites for hydroxylation is 1. The molecule has 25 heavy (non-hydrogen) atoms. The van der Waals surface area contributed by atoms with Gasteiger partial charge in [0, 0.05) is 13.5 Å². The largest absolute Gasteiger partial charge is 0.493 e. The van der Waals surface area contributed by atoms with Gasteiger partial charge in [-0.2, -0.15) is 4.98 Å². The van der Waals surface area contributed by atoms with Crippen LogP contribution in [-0.4, -0.2) is 55.8 Å². The first-order valence-corrected chi connectivity index (χ1v) is 7.88. The van der Waals surface area contributed by atoms with E-state index in [0.717, 1.165) is 5.56 Å². The van der Waals surface area contributed by atoms with E-state index < -0.39 is 0 Å². The van der Waals surface area contributed by atoms with E-state index in [1.807, 2.05) is 37.2 Å². The Morgan fingerprint density at radius 3 is 2.56 bits per heavy atom. The highest BCUT2D eigenvalue weighted by atomic mass is 16.5. The van der Waals surface area contributed by atoms with E-state index in [2.05, 4.69) is 15.5 Å². The molecule has 0 aliphatic heterocycles. The van der Waals surface area contributed by atoms with Crippen molar-refractivity contribution in [3.05, 3.63) is 35.5 Å². The number of rotatable bonds is 8. The second-order valence-corrected chi connectivity index (χ2v) is 5.80. The van der Waals surface area contributed by atoms with Crippen LogP contribution in [-0.2, 0) is 11.2 Å². The lowest BCUT2D eigenvalue weighted by molar-refractivity contribution is -0.120. The average Bonchev–Trinajstić information content (AvgIpc) is 2.99. The van der Waals surface area contributed by atoms with Crippen LogP contribution >= 0.6 is 0 Å². The zero-order valence-electron chi connectivity index (χ0n) is 15.2. The minimum atomic E-state index is -0.159. The molecule has 1 unspecified atom stereocenters. The van der Waals surface area contributed by atoms with E-state index in [4.69, 9.17) is 14.0 Å². The number of ether oxygens (including phenoxy) is 2. The number of likely N-dealkylation sites (N-methyl/N-ethyl adjacent to an activating group) is 1. The molecule has 2 rings (SSSR count). The summed E-state index contributed by atoms with van der Waals surface area (Å²) >= 11 is 0. The number of methoxy groups -OCH3 is 2. The topological polar surface area (TPSA) is 89.7 Å². The predicted molar refractivity (Wildman–Crippen MR) is 91.7 cm³/mol. The fourth-order valence-corrected chi connectivity index (χ4v) is 2.49. The highest BCUT2D eigenvalue weighted by Gasteiger charge is 2.18. The fraction of sp³-hybridized carbons (Fsp3) is 0.471. The Balaban J connectivity index is 2.04. The lowest BCUT2D eigenvalue weighted by Gasteiger charge is -2.25. The van der Waals surface area contributed by atoms with Gasteiger partial charge in [-0.1, -0.05) is 11.2 Å². The molecule has 1 aromatic heterocycles. The second kappa shape index (κ2) is 8.48. The molecule has 0 radical (unpaired) electrons. The molecule has 1 aromatic carbocycles. The van der Waals surface area contributed by atoms with Gasteiger partial charge < -0.3 is 24.2 Å². The monoisotopic (exact) mass is 348 g/mol. The molecule has 136 valence electrons. The van der Waals surface area contributed by atoms with Gasteiger partial charge in [-0.3, -0.25) is 4.79 Å². The third-order valence-electron chi connectivity index (χ3n) is 3.80. The van der Waals surface area contributed by atoms with Crippen LogP contribution < -0.4 is 14.8 Å². The highest BCUT2D eigenvalue weighted by molar-refractivity contribution is 5.77. The van der Waals surface area contributed by atoms with Crippen molar-refractivity contribution < 1.29 is 18.8 Å².